The van der Waals surface area contributed by atoms with Gasteiger partial charge in [0.1, 0.15) is 11.6 Å². The molecule has 0 aromatic carbocycles. The highest BCUT2D eigenvalue weighted by atomic mass is 16.6. The van der Waals surface area contributed by atoms with Gasteiger partial charge >= 0.3 is 0 Å². The van der Waals surface area contributed by atoms with E-state index in [9.17, 15) is 10.1 Å². The van der Waals surface area contributed by atoms with Gasteiger partial charge in [0.2, 0.25) is 0 Å². The van der Waals surface area contributed by atoms with Crippen LogP contribution in [-0.4, -0.2) is 23.0 Å². The molecular formula is C12H19N5O2. The minimum atomic E-state index is -0.423. The Morgan fingerprint density at radius 2 is 2.42 bits per heavy atom. The number of nitrogens with one attached hydrogen (secondary N) is 1. The van der Waals surface area contributed by atoms with E-state index in [1.165, 1.54) is 18.6 Å². The Hall–Kier alpha value is -1.89. The van der Waals surface area contributed by atoms with E-state index < -0.39 is 4.92 Å². The van der Waals surface area contributed by atoms with E-state index in [0.29, 0.717) is 17.6 Å². The van der Waals surface area contributed by atoms with Crippen molar-refractivity contribution in [2.75, 3.05) is 23.4 Å². The first-order chi connectivity index (χ1) is 9.13. The number of aromatic nitrogens is 1. The summed E-state index contributed by atoms with van der Waals surface area (Å²) in [5, 5.41) is 10.9. The summed E-state index contributed by atoms with van der Waals surface area (Å²) >= 11 is 0. The first kappa shape index (κ1) is 13.5. The molecule has 2 heterocycles. The molecule has 0 amide bonds. The number of hydrogen-bond donors (Lipinski definition) is 2. The Bertz CT molecular complexity index is 465. The zero-order chi connectivity index (χ0) is 13.8. The van der Waals surface area contributed by atoms with Crippen LogP contribution < -0.4 is 16.2 Å². The Balaban J connectivity index is 2.27. The van der Waals surface area contributed by atoms with Crippen LogP contribution in [0.1, 0.15) is 26.2 Å². The lowest BCUT2D eigenvalue weighted by Crippen LogP contribution is -2.35. The van der Waals surface area contributed by atoms with Gasteiger partial charge in [-0.05, 0) is 18.8 Å². The molecule has 1 aromatic heterocycles. The van der Waals surface area contributed by atoms with Crippen molar-refractivity contribution in [3.63, 3.8) is 0 Å². The van der Waals surface area contributed by atoms with Gasteiger partial charge in [-0.1, -0.05) is 13.3 Å². The number of anilines is 2. The molecule has 3 N–H and O–H groups in total. The molecule has 1 aliphatic heterocycles. The van der Waals surface area contributed by atoms with Crippen molar-refractivity contribution in [2.45, 2.75) is 26.2 Å². The molecule has 0 spiro atoms. The second kappa shape index (κ2) is 5.83. The van der Waals surface area contributed by atoms with Gasteiger partial charge in [0, 0.05) is 13.1 Å². The molecule has 19 heavy (non-hydrogen) atoms. The number of hydrazine groups is 1. The lowest BCUT2D eigenvalue weighted by atomic mass is 9.96. The van der Waals surface area contributed by atoms with Gasteiger partial charge in [0.15, 0.2) is 0 Å². The third-order valence-electron chi connectivity index (χ3n) is 3.58. The van der Waals surface area contributed by atoms with Crippen LogP contribution in [0, 0.1) is 16.0 Å². The first-order valence-corrected chi connectivity index (χ1v) is 6.52. The van der Waals surface area contributed by atoms with E-state index in [1.54, 1.807) is 0 Å². The van der Waals surface area contributed by atoms with Gasteiger partial charge < -0.3 is 10.3 Å². The maximum Gasteiger partial charge on any atom is 0.276 e. The summed E-state index contributed by atoms with van der Waals surface area (Å²) in [4.78, 5) is 16.9. The van der Waals surface area contributed by atoms with Crippen LogP contribution in [0.4, 0.5) is 17.3 Å². The van der Waals surface area contributed by atoms with Crippen LogP contribution in [0.2, 0.25) is 0 Å². The van der Waals surface area contributed by atoms with Crippen LogP contribution in [0.3, 0.4) is 0 Å². The maximum absolute atomic E-state index is 10.9. The van der Waals surface area contributed by atoms with Crippen LogP contribution in [0.25, 0.3) is 0 Å². The molecule has 7 heteroatoms. The number of rotatable bonds is 4. The minimum Gasteiger partial charge on any atom is -0.356 e. The van der Waals surface area contributed by atoms with E-state index in [1.807, 2.05) is 0 Å². The topological polar surface area (TPSA) is 97.3 Å². The largest absolute Gasteiger partial charge is 0.356 e. The lowest BCUT2D eigenvalue weighted by molar-refractivity contribution is -0.384. The van der Waals surface area contributed by atoms with Crippen molar-refractivity contribution in [1.82, 2.24) is 4.98 Å². The van der Waals surface area contributed by atoms with E-state index in [-0.39, 0.29) is 5.69 Å². The molecule has 0 radical (unpaired) electrons. The second-order valence-corrected chi connectivity index (χ2v) is 4.83. The molecule has 1 aromatic rings. The number of piperidine rings is 1. The third-order valence-corrected chi connectivity index (χ3v) is 3.58. The quantitative estimate of drug-likeness (QED) is 0.490. The molecule has 1 aliphatic rings. The normalized spacial score (nSPS) is 19.3. The molecule has 1 unspecified atom stereocenters. The Morgan fingerprint density at radius 3 is 3.05 bits per heavy atom. The zero-order valence-corrected chi connectivity index (χ0v) is 11.0. The van der Waals surface area contributed by atoms with Crippen molar-refractivity contribution in [3.05, 3.63) is 22.2 Å². The highest BCUT2D eigenvalue weighted by Gasteiger charge is 2.22. The van der Waals surface area contributed by atoms with Crippen LogP contribution in [-0.2, 0) is 0 Å². The van der Waals surface area contributed by atoms with Crippen molar-refractivity contribution in [2.24, 2.45) is 11.8 Å². The van der Waals surface area contributed by atoms with Crippen LogP contribution in [0.5, 0.6) is 0 Å². The summed E-state index contributed by atoms with van der Waals surface area (Å²) in [5.41, 5.74) is 2.40. The standard InChI is InChI=1S/C12H19N5O2/c1-2-9-4-3-5-16(8-9)12-7-10(17(18)19)6-11(14-12)15-13/h6-7,9H,2-5,8,13H2,1H3,(H,14,15). The van der Waals surface area contributed by atoms with Crippen molar-refractivity contribution in [3.8, 4) is 0 Å². The van der Waals surface area contributed by atoms with E-state index in [0.717, 1.165) is 25.9 Å². The molecule has 7 nitrogen and oxygen atoms in total. The highest BCUT2D eigenvalue weighted by molar-refractivity contribution is 5.55. The minimum absolute atomic E-state index is 0.0107. The van der Waals surface area contributed by atoms with Crippen LogP contribution in [0.15, 0.2) is 12.1 Å². The Labute approximate surface area is 111 Å². The molecule has 1 atom stereocenters. The third kappa shape index (κ3) is 3.11. The average molecular weight is 265 g/mol. The van der Waals surface area contributed by atoms with E-state index in [4.69, 9.17) is 5.84 Å². The van der Waals surface area contributed by atoms with E-state index in [2.05, 4.69) is 22.2 Å². The molecule has 104 valence electrons. The predicted octanol–water partition coefficient (Wildman–Crippen LogP) is 1.90. The number of nitrogens with two attached hydrogens (primary N) is 1. The molecule has 2 rings (SSSR count). The number of nitrogens with zero attached hydrogens (tertiary/aromatic N) is 3. The first-order valence-electron chi connectivity index (χ1n) is 6.52. The SMILES string of the molecule is CCC1CCCN(c2cc([N+](=O)[O-])cc(NN)n2)C1. The molecule has 1 fully saturated rings. The van der Waals surface area contributed by atoms with Gasteiger partial charge in [-0.3, -0.25) is 10.1 Å². The van der Waals surface area contributed by atoms with Gasteiger partial charge in [0.05, 0.1) is 17.1 Å². The predicted molar refractivity (Wildman–Crippen MR) is 73.9 cm³/mol. The average Bonchev–Trinajstić information content (AvgIpc) is 2.46. The van der Waals surface area contributed by atoms with Gasteiger partial charge in [-0.25, -0.2) is 10.8 Å². The van der Waals surface area contributed by atoms with Crippen molar-refractivity contribution < 1.29 is 4.92 Å². The number of nitrogen functional groups attached to an aromatic ring is 1. The fraction of sp³-hybridized carbons (Fsp3) is 0.583. The summed E-state index contributed by atoms with van der Waals surface area (Å²) in [6, 6.07) is 2.85. The molecule has 0 aliphatic carbocycles. The van der Waals surface area contributed by atoms with Gasteiger partial charge in [0.25, 0.3) is 5.69 Å². The zero-order valence-electron chi connectivity index (χ0n) is 11.0. The fourth-order valence-corrected chi connectivity index (χ4v) is 2.45. The monoisotopic (exact) mass is 265 g/mol. The van der Waals surface area contributed by atoms with Crippen molar-refractivity contribution in [1.29, 1.82) is 0 Å². The molecule has 0 bridgehead atoms. The number of pyridine rings is 1. The summed E-state index contributed by atoms with van der Waals surface area (Å²) in [7, 11) is 0. The highest BCUT2D eigenvalue weighted by Crippen LogP contribution is 2.27. The van der Waals surface area contributed by atoms with Gasteiger partial charge in [-0.15, -0.1) is 0 Å². The van der Waals surface area contributed by atoms with E-state index >= 15 is 0 Å². The Morgan fingerprint density at radius 1 is 1.63 bits per heavy atom. The lowest BCUT2D eigenvalue weighted by Gasteiger charge is -2.33. The number of nitro groups is 1. The molecular weight excluding hydrogens is 246 g/mol. The summed E-state index contributed by atoms with van der Waals surface area (Å²) in [5.74, 6) is 6.89. The Kier molecular flexibility index (Phi) is 4.16. The summed E-state index contributed by atoms with van der Waals surface area (Å²) in [6.07, 6.45) is 3.42. The smallest absolute Gasteiger partial charge is 0.276 e. The fourth-order valence-electron chi connectivity index (χ4n) is 2.45. The van der Waals surface area contributed by atoms with Gasteiger partial charge in [-0.2, -0.15) is 0 Å². The summed E-state index contributed by atoms with van der Waals surface area (Å²) in [6.45, 7) is 3.95. The molecule has 0 saturated carbocycles. The number of hydrogen-bond acceptors (Lipinski definition) is 6. The summed E-state index contributed by atoms with van der Waals surface area (Å²) < 4.78 is 0. The maximum atomic E-state index is 10.9. The van der Waals surface area contributed by atoms with Crippen LogP contribution >= 0.6 is 0 Å². The second-order valence-electron chi connectivity index (χ2n) is 4.83. The van der Waals surface area contributed by atoms with Crippen molar-refractivity contribution >= 4 is 17.3 Å². The molecule has 1 saturated heterocycles.